The zero-order valence-electron chi connectivity index (χ0n) is 18.2. The number of carbonyl (C=O) groups is 2. The van der Waals surface area contributed by atoms with Crippen molar-refractivity contribution in [3.63, 3.8) is 0 Å². The van der Waals surface area contributed by atoms with E-state index in [0.29, 0.717) is 6.42 Å². The summed E-state index contributed by atoms with van der Waals surface area (Å²) < 4.78 is 0. The third-order valence-corrected chi connectivity index (χ3v) is 5.31. The number of aliphatic hydroxyl groups excluding tert-OH is 1. The van der Waals surface area contributed by atoms with Crippen molar-refractivity contribution in [3.05, 3.63) is 0 Å². The number of carbonyl (C=O) groups excluding carboxylic acids is 1. The van der Waals surface area contributed by atoms with Gasteiger partial charge in [-0.25, -0.2) is 4.79 Å². The Morgan fingerprint density at radius 3 is 1.46 bits per heavy atom. The second-order valence-corrected chi connectivity index (χ2v) is 8.02. The molecule has 0 aromatic heterocycles. The third kappa shape index (κ3) is 18.3. The molecule has 5 heteroatoms. The minimum Gasteiger partial charge on any atom is -0.480 e. The lowest BCUT2D eigenvalue weighted by Crippen LogP contribution is -2.41. The Bertz CT molecular complexity index is 374. The minimum atomic E-state index is -1.09. The molecule has 0 unspecified atom stereocenters. The summed E-state index contributed by atoms with van der Waals surface area (Å²) in [4.78, 5) is 22.6. The van der Waals surface area contributed by atoms with E-state index in [1.165, 1.54) is 83.5 Å². The first-order valence-corrected chi connectivity index (χ1v) is 11.7. The van der Waals surface area contributed by atoms with Crippen molar-refractivity contribution in [1.82, 2.24) is 5.32 Å². The lowest BCUT2D eigenvalue weighted by molar-refractivity contribution is -0.142. The first kappa shape index (κ1) is 26.9. The van der Waals surface area contributed by atoms with Crippen LogP contribution < -0.4 is 5.32 Å². The Morgan fingerprint density at radius 2 is 1.11 bits per heavy atom. The molecule has 1 atom stereocenters. The van der Waals surface area contributed by atoms with Crippen molar-refractivity contribution in [2.24, 2.45) is 0 Å². The Morgan fingerprint density at radius 1 is 0.714 bits per heavy atom. The molecule has 166 valence electrons. The van der Waals surface area contributed by atoms with Crippen LogP contribution in [0.5, 0.6) is 0 Å². The topological polar surface area (TPSA) is 86.6 Å². The normalized spacial score (nSPS) is 12.1. The third-order valence-electron chi connectivity index (χ3n) is 5.31. The molecule has 0 aliphatic rings. The average Bonchev–Trinajstić information content (AvgIpc) is 2.67. The standard InChI is InChI=1S/C23H45NO4/c1-2-3-4-5-6-7-8-9-10-11-12-13-14-15-16-17-18-22(26)24-21(19-20-25)23(27)28/h21,25H,2-20H2,1H3,(H,24,26)(H,27,28)/t21-/m0/s1. The van der Waals surface area contributed by atoms with E-state index in [1.54, 1.807) is 0 Å². The molecule has 0 aromatic rings. The number of hydrogen-bond donors (Lipinski definition) is 3. The van der Waals surface area contributed by atoms with Crippen LogP contribution in [0.25, 0.3) is 0 Å². The second kappa shape index (κ2) is 20.6. The van der Waals surface area contributed by atoms with E-state index in [1.807, 2.05) is 0 Å². The van der Waals surface area contributed by atoms with Gasteiger partial charge in [-0.05, 0) is 6.42 Å². The number of amides is 1. The quantitative estimate of drug-likeness (QED) is 0.220. The summed E-state index contributed by atoms with van der Waals surface area (Å²) in [6.07, 6.45) is 21.1. The van der Waals surface area contributed by atoms with Crippen molar-refractivity contribution in [2.75, 3.05) is 6.61 Å². The molecule has 0 fully saturated rings. The monoisotopic (exact) mass is 399 g/mol. The highest BCUT2D eigenvalue weighted by atomic mass is 16.4. The Hall–Kier alpha value is -1.10. The molecular formula is C23H45NO4. The lowest BCUT2D eigenvalue weighted by atomic mass is 10.0. The molecule has 0 aliphatic heterocycles. The van der Waals surface area contributed by atoms with Crippen LogP contribution in [0.2, 0.25) is 0 Å². The van der Waals surface area contributed by atoms with E-state index in [-0.39, 0.29) is 18.9 Å². The van der Waals surface area contributed by atoms with Gasteiger partial charge in [0.15, 0.2) is 0 Å². The van der Waals surface area contributed by atoms with E-state index < -0.39 is 12.0 Å². The fourth-order valence-electron chi connectivity index (χ4n) is 3.49. The molecule has 1 amide bonds. The number of nitrogens with one attached hydrogen (secondary N) is 1. The number of unbranched alkanes of at least 4 members (excludes halogenated alkanes) is 15. The van der Waals surface area contributed by atoms with Crippen molar-refractivity contribution in [2.45, 2.75) is 129 Å². The minimum absolute atomic E-state index is 0.0556. The molecule has 0 aromatic carbocycles. The number of rotatable bonds is 21. The summed E-state index contributed by atoms with van der Waals surface area (Å²) >= 11 is 0. The van der Waals surface area contributed by atoms with Crippen LogP contribution in [0.4, 0.5) is 0 Å². The van der Waals surface area contributed by atoms with Gasteiger partial charge in [-0.1, -0.05) is 103 Å². The smallest absolute Gasteiger partial charge is 0.326 e. The van der Waals surface area contributed by atoms with Gasteiger partial charge in [-0.2, -0.15) is 0 Å². The van der Waals surface area contributed by atoms with Gasteiger partial charge < -0.3 is 15.5 Å². The SMILES string of the molecule is CCCCCCCCCCCCCCCCCCC(=O)N[C@@H](CCO)C(=O)O. The van der Waals surface area contributed by atoms with E-state index in [4.69, 9.17) is 10.2 Å². The van der Waals surface area contributed by atoms with Gasteiger partial charge in [0.1, 0.15) is 6.04 Å². The summed E-state index contributed by atoms with van der Waals surface area (Å²) in [6.45, 7) is 2.02. The zero-order valence-corrected chi connectivity index (χ0v) is 18.2. The molecule has 3 N–H and O–H groups in total. The van der Waals surface area contributed by atoms with Crippen LogP contribution in [-0.2, 0) is 9.59 Å². The molecule has 0 rings (SSSR count). The summed E-state index contributed by atoms with van der Waals surface area (Å²) in [6, 6.07) is -0.974. The van der Waals surface area contributed by atoms with Crippen LogP contribution in [0.1, 0.15) is 122 Å². The highest BCUT2D eigenvalue weighted by Crippen LogP contribution is 2.14. The van der Waals surface area contributed by atoms with Crippen molar-refractivity contribution in [1.29, 1.82) is 0 Å². The molecular weight excluding hydrogens is 354 g/mol. The number of hydrogen-bond acceptors (Lipinski definition) is 3. The molecule has 28 heavy (non-hydrogen) atoms. The second-order valence-electron chi connectivity index (χ2n) is 8.02. The van der Waals surface area contributed by atoms with Gasteiger partial charge in [-0.3, -0.25) is 4.79 Å². The Kier molecular flexibility index (Phi) is 19.8. The molecule has 0 radical (unpaired) electrons. The van der Waals surface area contributed by atoms with Crippen molar-refractivity contribution >= 4 is 11.9 Å². The summed E-state index contributed by atoms with van der Waals surface area (Å²) in [5.74, 6) is -1.32. The number of aliphatic carboxylic acids is 1. The Labute approximate surface area is 172 Å². The maximum Gasteiger partial charge on any atom is 0.326 e. The van der Waals surface area contributed by atoms with E-state index in [0.717, 1.165) is 19.3 Å². The predicted molar refractivity (Wildman–Crippen MR) is 115 cm³/mol. The van der Waals surface area contributed by atoms with Crippen molar-refractivity contribution in [3.8, 4) is 0 Å². The molecule has 0 heterocycles. The highest BCUT2D eigenvalue weighted by Gasteiger charge is 2.18. The van der Waals surface area contributed by atoms with Gasteiger partial charge in [-0.15, -0.1) is 0 Å². The van der Waals surface area contributed by atoms with Crippen LogP contribution >= 0.6 is 0 Å². The van der Waals surface area contributed by atoms with Gasteiger partial charge in [0.25, 0.3) is 0 Å². The zero-order chi connectivity index (χ0) is 20.9. The maximum atomic E-state index is 11.7. The van der Waals surface area contributed by atoms with Crippen molar-refractivity contribution < 1.29 is 19.8 Å². The van der Waals surface area contributed by atoms with Gasteiger partial charge >= 0.3 is 5.97 Å². The van der Waals surface area contributed by atoms with Crippen LogP contribution in [0.15, 0.2) is 0 Å². The maximum absolute atomic E-state index is 11.7. The molecule has 0 aliphatic carbocycles. The molecule has 0 saturated carbocycles. The van der Waals surface area contributed by atoms with E-state index in [9.17, 15) is 9.59 Å². The predicted octanol–water partition coefficient (Wildman–Crippen LogP) is 5.59. The number of aliphatic hydroxyl groups is 1. The fraction of sp³-hybridized carbons (Fsp3) is 0.913. The number of carboxylic acids is 1. The molecule has 0 bridgehead atoms. The fourth-order valence-corrected chi connectivity index (χ4v) is 3.49. The van der Waals surface area contributed by atoms with Crippen LogP contribution in [0, 0.1) is 0 Å². The van der Waals surface area contributed by atoms with Gasteiger partial charge in [0.05, 0.1) is 0 Å². The van der Waals surface area contributed by atoms with E-state index >= 15 is 0 Å². The lowest BCUT2D eigenvalue weighted by Gasteiger charge is -2.12. The van der Waals surface area contributed by atoms with Crippen LogP contribution in [-0.4, -0.2) is 34.7 Å². The molecule has 0 saturated heterocycles. The van der Waals surface area contributed by atoms with Gasteiger partial charge in [0.2, 0.25) is 5.91 Å². The largest absolute Gasteiger partial charge is 0.480 e. The molecule has 5 nitrogen and oxygen atoms in total. The summed E-state index contributed by atoms with van der Waals surface area (Å²) in [5, 5.41) is 20.2. The van der Waals surface area contributed by atoms with Crippen LogP contribution in [0.3, 0.4) is 0 Å². The average molecular weight is 400 g/mol. The Balaban J connectivity index is 3.31. The summed E-state index contributed by atoms with van der Waals surface area (Å²) in [7, 11) is 0. The first-order chi connectivity index (χ1) is 13.6. The summed E-state index contributed by atoms with van der Waals surface area (Å²) in [5.41, 5.74) is 0. The number of carboxylic acid groups (broad SMARTS) is 1. The highest BCUT2D eigenvalue weighted by molar-refractivity contribution is 5.83. The molecule has 0 spiro atoms. The van der Waals surface area contributed by atoms with E-state index in [2.05, 4.69) is 12.2 Å². The first-order valence-electron chi connectivity index (χ1n) is 11.7. The van der Waals surface area contributed by atoms with Gasteiger partial charge in [0, 0.05) is 19.4 Å².